The third-order valence-electron chi connectivity index (χ3n) is 8.70. The van der Waals surface area contributed by atoms with E-state index in [2.05, 4.69) is 15.0 Å². The first kappa shape index (κ1) is 33.5. The molecule has 2 saturated heterocycles. The SMILES string of the molecule is Cc1cc(C(=O)N2CCC(C)(O)CC2)cc(C)c1C=CS(=O)(=O)N1CCC2(CC1)N=C(c1ccc(OC(F)(F)F)c(F)c1)NC2=O. The summed E-state index contributed by atoms with van der Waals surface area (Å²) in [6.07, 6.45) is -2.54. The van der Waals surface area contributed by atoms with Crippen LogP contribution in [0.2, 0.25) is 0 Å². The number of ether oxygens (including phenoxy) is 1. The summed E-state index contributed by atoms with van der Waals surface area (Å²) in [5.74, 6) is -3.00. The number of alkyl halides is 3. The maximum atomic E-state index is 14.3. The predicted molar refractivity (Wildman–Crippen MR) is 161 cm³/mol. The molecular formula is C31H34F4N4O6S. The summed E-state index contributed by atoms with van der Waals surface area (Å²) in [6, 6.07) is 6.13. The van der Waals surface area contributed by atoms with Crippen molar-refractivity contribution < 1.29 is 45.4 Å². The van der Waals surface area contributed by atoms with Crippen LogP contribution in [0.5, 0.6) is 5.75 Å². The average molecular weight is 667 g/mol. The van der Waals surface area contributed by atoms with Crippen molar-refractivity contribution >= 4 is 33.7 Å². The number of amidine groups is 1. The molecule has 2 amide bonds. The molecule has 0 atom stereocenters. The fourth-order valence-corrected chi connectivity index (χ4v) is 7.11. The van der Waals surface area contributed by atoms with Gasteiger partial charge in [-0.2, -0.15) is 4.31 Å². The Labute approximate surface area is 263 Å². The lowest BCUT2D eigenvalue weighted by Gasteiger charge is -2.36. The van der Waals surface area contributed by atoms with Crippen LogP contribution >= 0.6 is 0 Å². The molecule has 0 aliphatic carbocycles. The monoisotopic (exact) mass is 666 g/mol. The number of likely N-dealkylation sites (tertiary alicyclic amines) is 1. The molecule has 3 heterocycles. The zero-order valence-corrected chi connectivity index (χ0v) is 26.3. The van der Waals surface area contributed by atoms with Crippen LogP contribution in [-0.2, 0) is 14.8 Å². The number of aryl methyl sites for hydroxylation is 2. The molecule has 1 spiro atoms. The van der Waals surface area contributed by atoms with Crippen LogP contribution in [0.4, 0.5) is 17.6 Å². The second kappa shape index (κ2) is 12.1. The molecule has 15 heteroatoms. The zero-order valence-electron chi connectivity index (χ0n) is 25.4. The van der Waals surface area contributed by atoms with Crippen molar-refractivity contribution in [3.05, 3.63) is 69.4 Å². The molecule has 0 bridgehead atoms. The molecule has 3 aliphatic heterocycles. The standard InChI is InChI=1S/C31H34F4N4O6S/c1-19-16-22(27(40)38-11-7-29(3,42)8-12-38)17-20(2)23(19)6-15-46(43,44)39-13-9-30(10-14-39)28(41)36-26(37-30)21-4-5-25(24(32)18-21)45-31(33,34)35/h4-6,15-18,42H,7-14H2,1-3H3,(H,36,37,41). The summed E-state index contributed by atoms with van der Waals surface area (Å²) in [5.41, 5.74) is 0.525. The first-order valence-electron chi connectivity index (χ1n) is 14.7. The third kappa shape index (κ3) is 7.10. The number of nitrogens with one attached hydrogen (secondary N) is 1. The van der Waals surface area contributed by atoms with Gasteiger partial charge in [-0.25, -0.2) is 12.8 Å². The molecule has 46 heavy (non-hydrogen) atoms. The predicted octanol–water partition coefficient (Wildman–Crippen LogP) is 4.04. The van der Waals surface area contributed by atoms with Gasteiger partial charge in [-0.15, -0.1) is 13.2 Å². The summed E-state index contributed by atoms with van der Waals surface area (Å²) < 4.78 is 83.0. The van der Waals surface area contributed by atoms with E-state index in [1.165, 1.54) is 10.4 Å². The van der Waals surface area contributed by atoms with Gasteiger partial charge in [0.25, 0.3) is 11.8 Å². The van der Waals surface area contributed by atoms with Crippen molar-refractivity contribution in [1.29, 1.82) is 0 Å². The Balaban J connectivity index is 1.25. The van der Waals surface area contributed by atoms with Gasteiger partial charge >= 0.3 is 6.36 Å². The van der Waals surface area contributed by atoms with Crippen molar-refractivity contribution in [1.82, 2.24) is 14.5 Å². The Morgan fingerprint density at radius 1 is 1.04 bits per heavy atom. The third-order valence-corrected chi connectivity index (χ3v) is 10.3. The van der Waals surface area contributed by atoms with Crippen LogP contribution < -0.4 is 10.1 Å². The molecule has 0 radical (unpaired) electrons. The Morgan fingerprint density at radius 2 is 1.65 bits per heavy atom. The molecule has 2 aromatic carbocycles. The molecule has 10 nitrogen and oxygen atoms in total. The van der Waals surface area contributed by atoms with E-state index in [4.69, 9.17) is 0 Å². The first-order valence-corrected chi connectivity index (χ1v) is 16.2. The topological polar surface area (TPSA) is 129 Å². The van der Waals surface area contributed by atoms with Crippen LogP contribution in [0.25, 0.3) is 6.08 Å². The van der Waals surface area contributed by atoms with Gasteiger partial charge in [0.05, 0.1) is 5.60 Å². The Kier molecular flexibility index (Phi) is 8.81. The molecular weight excluding hydrogens is 632 g/mol. The largest absolute Gasteiger partial charge is 0.573 e. The molecule has 248 valence electrons. The number of benzene rings is 2. The van der Waals surface area contributed by atoms with Gasteiger partial charge in [-0.3, -0.25) is 14.6 Å². The van der Waals surface area contributed by atoms with E-state index in [1.54, 1.807) is 37.8 Å². The minimum atomic E-state index is -5.07. The number of aliphatic hydroxyl groups is 1. The molecule has 0 aromatic heterocycles. The van der Waals surface area contributed by atoms with Crippen LogP contribution in [-0.4, -0.2) is 84.1 Å². The number of hydrogen-bond donors (Lipinski definition) is 2. The number of carbonyl (C=O) groups excluding carboxylic acids is 2. The number of piperidine rings is 2. The minimum absolute atomic E-state index is 0.0290. The first-order chi connectivity index (χ1) is 21.4. The van der Waals surface area contributed by atoms with Crippen LogP contribution in [0.1, 0.15) is 65.2 Å². The van der Waals surface area contributed by atoms with Gasteiger partial charge in [-0.05, 0) is 99.6 Å². The Morgan fingerprint density at radius 3 is 2.22 bits per heavy atom. The number of nitrogens with zero attached hydrogens (tertiary/aromatic N) is 3. The number of hydrogen-bond acceptors (Lipinski definition) is 7. The van der Waals surface area contributed by atoms with Gasteiger partial charge in [0.15, 0.2) is 11.6 Å². The fourth-order valence-electron chi connectivity index (χ4n) is 5.93. The van der Waals surface area contributed by atoms with Gasteiger partial charge in [0, 0.05) is 42.7 Å². The fraction of sp³-hybridized carbons (Fsp3) is 0.452. The van der Waals surface area contributed by atoms with E-state index >= 15 is 0 Å². The summed E-state index contributed by atoms with van der Waals surface area (Å²) in [7, 11) is -3.91. The van der Waals surface area contributed by atoms with Crippen molar-refractivity contribution in [2.45, 2.75) is 64.0 Å². The highest BCUT2D eigenvalue weighted by Crippen LogP contribution is 2.34. The summed E-state index contributed by atoms with van der Waals surface area (Å²) in [6.45, 7) is 6.17. The van der Waals surface area contributed by atoms with E-state index in [-0.39, 0.29) is 43.2 Å². The molecule has 3 aliphatic rings. The highest BCUT2D eigenvalue weighted by Gasteiger charge is 2.47. The van der Waals surface area contributed by atoms with Crippen LogP contribution in [0.3, 0.4) is 0 Å². The second-order valence-corrected chi connectivity index (χ2v) is 14.0. The highest BCUT2D eigenvalue weighted by molar-refractivity contribution is 7.92. The van der Waals surface area contributed by atoms with Crippen molar-refractivity contribution in [3.63, 3.8) is 0 Å². The average Bonchev–Trinajstić information content (AvgIpc) is 3.27. The number of sulfonamides is 1. The number of carbonyl (C=O) groups is 2. The number of aliphatic imine (C=N–C) groups is 1. The van der Waals surface area contributed by atoms with Crippen molar-refractivity contribution in [2.75, 3.05) is 26.2 Å². The second-order valence-electron chi connectivity index (χ2n) is 12.2. The Bertz CT molecular complexity index is 1700. The smallest absolute Gasteiger partial charge is 0.403 e. The molecule has 2 aromatic rings. The minimum Gasteiger partial charge on any atom is -0.403 e. The molecule has 2 fully saturated rings. The lowest BCUT2D eigenvalue weighted by molar-refractivity contribution is -0.275. The molecule has 0 unspecified atom stereocenters. The summed E-state index contributed by atoms with van der Waals surface area (Å²) in [4.78, 5) is 32.1. The van der Waals surface area contributed by atoms with Gasteiger partial charge in [-0.1, -0.05) is 0 Å². The number of amides is 2. The lowest BCUT2D eigenvalue weighted by Crippen LogP contribution is -2.50. The van der Waals surface area contributed by atoms with Crippen LogP contribution in [0.15, 0.2) is 40.7 Å². The maximum Gasteiger partial charge on any atom is 0.573 e. The maximum absolute atomic E-state index is 14.3. The Hall–Kier alpha value is -3.82. The van der Waals surface area contributed by atoms with Crippen molar-refractivity contribution in [3.8, 4) is 5.75 Å². The normalized spacial score (nSPS) is 20.2. The van der Waals surface area contributed by atoms with E-state index in [1.807, 2.05) is 0 Å². The molecule has 5 rings (SSSR count). The van der Waals surface area contributed by atoms with Gasteiger partial charge < -0.3 is 20.1 Å². The quantitative estimate of drug-likeness (QED) is 0.448. The van der Waals surface area contributed by atoms with E-state index in [9.17, 15) is 40.7 Å². The zero-order chi connectivity index (χ0) is 33.7. The van der Waals surface area contributed by atoms with Crippen molar-refractivity contribution in [2.24, 2.45) is 4.99 Å². The summed E-state index contributed by atoms with van der Waals surface area (Å²) in [5, 5.41) is 13.8. The van der Waals surface area contributed by atoms with E-state index in [0.29, 0.717) is 37.1 Å². The summed E-state index contributed by atoms with van der Waals surface area (Å²) >= 11 is 0. The van der Waals surface area contributed by atoms with Crippen LogP contribution in [0, 0.1) is 19.7 Å². The number of rotatable bonds is 6. The number of halogens is 4. The van der Waals surface area contributed by atoms with E-state index in [0.717, 1.165) is 34.7 Å². The molecule has 0 saturated carbocycles. The molecule has 2 N–H and O–H groups in total. The van der Waals surface area contributed by atoms with Gasteiger partial charge in [0.2, 0.25) is 10.0 Å². The van der Waals surface area contributed by atoms with E-state index < -0.39 is 45.0 Å². The lowest BCUT2D eigenvalue weighted by atomic mass is 9.89. The highest BCUT2D eigenvalue weighted by atomic mass is 32.2. The van der Waals surface area contributed by atoms with Gasteiger partial charge in [0.1, 0.15) is 11.4 Å².